The minimum Gasteiger partial charge on any atom is -0.465 e. The molecule has 0 unspecified atom stereocenters. The minimum atomic E-state index is -0.996. The summed E-state index contributed by atoms with van der Waals surface area (Å²) in [6, 6.07) is 0. The maximum atomic E-state index is 10.8. The average molecular weight is 232 g/mol. The molecular weight excluding hydrogens is 216 g/mol. The summed E-state index contributed by atoms with van der Waals surface area (Å²) in [5.74, 6) is -0.984. The molecule has 1 amide bonds. The second-order valence-electron chi connectivity index (χ2n) is 3.34. The highest BCUT2D eigenvalue weighted by Crippen LogP contribution is 2.24. The van der Waals surface area contributed by atoms with Crippen LogP contribution in [0, 0.1) is 0 Å². The van der Waals surface area contributed by atoms with Crippen LogP contribution in [0.2, 0.25) is 0 Å². The van der Waals surface area contributed by atoms with Crippen LogP contribution in [0.4, 0.5) is 4.79 Å². The van der Waals surface area contributed by atoms with Gasteiger partial charge in [-0.2, -0.15) is 0 Å². The van der Waals surface area contributed by atoms with Crippen molar-refractivity contribution in [1.29, 1.82) is 0 Å². The average Bonchev–Trinajstić information content (AvgIpc) is 2.29. The van der Waals surface area contributed by atoms with Gasteiger partial charge in [0.05, 0.1) is 6.54 Å². The number of methoxy groups -OCH3 is 2. The number of likely N-dealkylation sites (tertiary alicyclic amines) is 1. The Morgan fingerprint density at radius 2 is 2.06 bits per heavy atom. The van der Waals surface area contributed by atoms with Gasteiger partial charge in [-0.1, -0.05) is 5.16 Å². The van der Waals surface area contributed by atoms with E-state index in [0.717, 1.165) is 0 Å². The first-order valence-electron chi connectivity index (χ1n) is 4.78. The van der Waals surface area contributed by atoms with Gasteiger partial charge in [-0.25, -0.2) is 4.79 Å². The molecule has 0 spiro atoms. The fourth-order valence-electron chi connectivity index (χ4n) is 1.70. The third-order valence-electron chi connectivity index (χ3n) is 2.62. The van der Waals surface area contributed by atoms with Gasteiger partial charge in [0.2, 0.25) is 5.79 Å². The number of piperidine rings is 1. The molecular formula is C9H16N2O5. The van der Waals surface area contributed by atoms with Crippen molar-refractivity contribution in [2.45, 2.75) is 12.2 Å². The normalized spacial score (nSPS) is 22.2. The Bertz CT molecular complexity index is 288. The van der Waals surface area contributed by atoms with Crippen molar-refractivity contribution in [1.82, 2.24) is 4.90 Å². The number of hydrogen-bond acceptors (Lipinski definition) is 5. The van der Waals surface area contributed by atoms with E-state index in [9.17, 15) is 4.79 Å². The Labute approximate surface area is 93.6 Å². The van der Waals surface area contributed by atoms with E-state index >= 15 is 0 Å². The van der Waals surface area contributed by atoms with E-state index < -0.39 is 11.9 Å². The van der Waals surface area contributed by atoms with Crippen LogP contribution in [0.1, 0.15) is 6.42 Å². The van der Waals surface area contributed by atoms with Crippen molar-refractivity contribution in [2.24, 2.45) is 5.16 Å². The molecule has 1 heterocycles. The van der Waals surface area contributed by atoms with E-state index in [2.05, 4.69) is 9.99 Å². The summed E-state index contributed by atoms with van der Waals surface area (Å²) in [5.41, 5.74) is 0.411. The molecule has 0 aromatic heterocycles. The Hall–Kier alpha value is -1.34. The topological polar surface area (TPSA) is 80.6 Å². The molecule has 0 aromatic carbocycles. The minimum absolute atomic E-state index is 0.116. The van der Waals surface area contributed by atoms with E-state index in [1.807, 2.05) is 0 Å². The van der Waals surface area contributed by atoms with Crippen LogP contribution < -0.4 is 0 Å². The predicted octanol–water partition coefficient (Wildman–Crippen LogP) is 0.362. The van der Waals surface area contributed by atoms with Crippen molar-refractivity contribution in [3.8, 4) is 0 Å². The molecule has 0 radical (unpaired) electrons. The molecule has 0 aliphatic carbocycles. The standard InChI is InChI=1S/C9H16N2O5/c1-14-9(15-2)4-5-11(8(12)13)6-7(9)10-16-3/h4-6H2,1-3H3,(H,12,13). The molecule has 16 heavy (non-hydrogen) atoms. The highest BCUT2D eigenvalue weighted by Gasteiger charge is 2.43. The molecule has 0 aromatic rings. The summed E-state index contributed by atoms with van der Waals surface area (Å²) in [7, 11) is 4.37. The number of carboxylic acid groups (broad SMARTS) is 1. The smallest absolute Gasteiger partial charge is 0.407 e. The van der Waals surface area contributed by atoms with Crippen molar-refractivity contribution >= 4 is 11.8 Å². The lowest BCUT2D eigenvalue weighted by Crippen LogP contribution is -2.56. The maximum Gasteiger partial charge on any atom is 0.407 e. The molecule has 1 N–H and O–H groups in total. The Balaban J connectivity index is 2.91. The lowest BCUT2D eigenvalue weighted by molar-refractivity contribution is -0.167. The Morgan fingerprint density at radius 3 is 2.50 bits per heavy atom. The molecule has 1 rings (SSSR count). The van der Waals surface area contributed by atoms with Gasteiger partial charge >= 0.3 is 6.09 Å². The number of rotatable bonds is 3. The number of oxime groups is 1. The van der Waals surface area contributed by atoms with Gasteiger partial charge in [0, 0.05) is 27.2 Å². The Morgan fingerprint density at radius 1 is 1.44 bits per heavy atom. The van der Waals surface area contributed by atoms with Gasteiger partial charge in [0.25, 0.3) is 0 Å². The fourth-order valence-corrected chi connectivity index (χ4v) is 1.70. The monoisotopic (exact) mass is 232 g/mol. The highest BCUT2D eigenvalue weighted by atomic mass is 16.7. The molecule has 7 nitrogen and oxygen atoms in total. The predicted molar refractivity (Wildman–Crippen MR) is 55.4 cm³/mol. The van der Waals surface area contributed by atoms with Crippen LogP contribution in [0.25, 0.3) is 0 Å². The van der Waals surface area contributed by atoms with Crippen molar-refractivity contribution < 1.29 is 24.2 Å². The zero-order valence-electron chi connectivity index (χ0n) is 9.60. The third kappa shape index (κ3) is 2.25. The first kappa shape index (κ1) is 12.7. The van der Waals surface area contributed by atoms with Gasteiger partial charge in [-0.05, 0) is 0 Å². The SMILES string of the molecule is CON=C1CN(C(=O)O)CCC1(OC)OC. The van der Waals surface area contributed by atoms with Gasteiger partial charge in [-0.3, -0.25) is 0 Å². The van der Waals surface area contributed by atoms with Crippen LogP contribution in [-0.4, -0.2) is 62.0 Å². The summed E-state index contributed by atoms with van der Waals surface area (Å²) in [4.78, 5) is 16.7. The fraction of sp³-hybridized carbons (Fsp3) is 0.778. The lowest BCUT2D eigenvalue weighted by atomic mass is 10.0. The molecule has 1 fully saturated rings. The molecule has 1 aliphatic heterocycles. The van der Waals surface area contributed by atoms with E-state index in [0.29, 0.717) is 18.7 Å². The molecule has 1 saturated heterocycles. The van der Waals surface area contributed by atoms with Gasteiger partial charge in [-0.15, -0.1) is 0 Å². The first-order valence-corrected chi connectivity index (χ1v) is 4.78. The second-order valence-corrected chi connectivity index (χ2v) is 3.34. The van der Waals surface area contributed by atoms with Crippen LogP contribution >= 0.6 is 0 Å². The van der Waals surface area contributed by atoms with Crippen LogP contribution in [0.3, 0.4) is 0 Å². The summed E-state index contributed by atoms with van der Waals surface area (Å²) < 4.78 is 10.5. The lowest BCUT2D eigenvalue weighted by Gasteiger charge is -2.38. The van der Waals surface area contributed by atoms with Crippen LogP contribution in [0.5, 0.6) is 0 Å². The number of carbonyl (C=O) groups is 1. The largest absolute Gasteiger partial charge is 0.465 e. The summed E-state index contributed by atoms with van der Waals surface area (Å²) in [5, 5.41) is 12.7. The van der Waals surface area contributed by atoms with Crippen LogP contribution in [-0.2, 0) is 14.3 Å². The number of amides is 1. The molecule has 1 aliphatic rings. The quantitative estimate of drug-likeness (QED) is 0.561. The molecule has 7 heteroatoms. The molecule has 0 saturated carbocycles. The first-order chi connectivity index (χ1) is 7.59. The van der Waals surface area contributed by atoms with Gasteiger partial charge < -0.3 is 24.3 Å². The van der Waals surface area contributed by atoms with E-state index in [1.165, 1.54) is 26.2 Å². The van der Waals surface area contributed by atoms with Gasteiger partial charge in [0.1, 0.15) is 12.8 Å². The van der Waals surface area contributed by atoms with Crippen molar-refractivity contribution in [3.63, 3.8) is 0 Å². The summed E-state index contributed by atoms with van der Waals surface area (Å²) in [6.45, 7) is 0.449. The zero-order valence-corrected chi connectivity index (χ0v) is 9.60. The Kier molecular flexibility index (Phi) is 4.08. The summed E-state index contributed by atoms with van der Waals surface area (Å²) >= 11 is 0. The van der Waals surface area contributed by atoms with Gasteiger partial charge in [0.15, 0.2) is 0 Å². The van der Waals surface area contributed by atoms with Crippen LogP contribution in [0.15, 0.2) is 5.16 Å². The molecule has 0 bridgehead atoms. The summed E-state index contributed by atoms with van der Waals surface area (Å²) in [6.07, 6.45) is -0.612. The molecule has 0 atom stereocenters. The number of ether oxygens (including phenoxy) is 2. The van der Waals surface area contributed by atoms with Crippen molar-refractivity contribution in [3.05, 3.63) is 0 Å². The highest BCUT2D eigenvalue weighted by molar-refractivity contribution is 5.95. The molecule has 92 valence electrons. The maximum absolute atomic E-state index is 10.8. The van der Waals surface area contributed by atoms with E-state index in [4.69, 9.17) is 14.6 Å². The number of nitrogens with zero attached hydrogens (tertiary/aromatic N) is 2. The van der Waals surface area contributed by atoms with E-state index in [-0.39, 0.29) is 6.54 Å². The van der Waals surface area contributed by atoms with E-state index in [1.54, 1.807) is 0 Å². The van der Waals surface area contributed by atoms with Crippen molar-refractivity contribution in [2.75, 3.05) is 34.4 Å². The zero-order chi connectivity index (χ0) is 12.2. The third-order valence-corrected chi connectivity index (χ3v) is 2.62. The second kappa shape index (κ2) is 5.13. The number of hydrogen-bond donors (Lipinski definition) is 1.